The molecule has 1 saturated carbocycles. The maximum atomic E-state index is 3.81. The Morgan fingerprint density at radius 2 is 1.94 bits per heavy atom. The van der Waals surface area contributed by atoms with Crippen LogP contribution in [0.2, 0.25) is 0 Å². The summed E-state index contributed by atoms with van der Waals surface area (Å²) < 4.78 is 0. The van der Waals surface area contributed by atoms with Gasteiger partial charge in [0.15, 0.2) is 0 Å². The van der Waals surface area contributed by atoms with E-state index in [9.17, 15) is 0 Å². The highest BCUT2D eigenvalue weighted by molar-refractivity contribution is 8.00. The summed E-state index contributed by atoms with van der Waals surface area (Å²) in [5.41, 5.74) is 0. The summed E-state index contributed by atoms with van der Waals surface area (Å²) >= 11 is 2.13. The first kappa shape index (κ1) is 14.7. The fourth-order valence-electron chi connectivity index (χ4n) is 3.32. The molecule has 1 N–H and O–H groups in total. The number of hydrogen-bond donors (Lipinski definition) is 1. The molecule has 2 aliphatic rings. The summed E-state index contributed by atoms with van der Waals surface area (Å²) in [6.07, 6.45) is 5.68. The van der Waals surface area contributed by atoms with Crippen LogP contribution in [0.4, 0.5) is 0 Å². The van der Waals surface area contributed by atoms with Crippen LogP contribution in [0.3, 0.4) is 0 Å². The Hall–Kier alpha value is 0.270. The van der Waals surface area contributed by atoms with Crippen LogP contribution in [0.5, 0.6) is 0 Å². The van der Waals surface area contributed by atoms with E-state index < -0.39 is 0 Å². The van der Waals surface area contributed by atoms with Crippen LogP contribution in [0.25, 0.3) is 0 Å². The molecule has 3 heteroatoms. The fourth-order valence-corrected chi connectivity index (χ4v) is 4.49. The van der Waals surface area contributed by atoms with Gasteiger partial charge in [-0.2, -0.15) is 11.8 Å². The van der Waals surface area contributed by atoms with Gasteiger partial charge in [-0.05, 0) is 25.7 Å². The number of hydrogen-bond acceptors (Lipinski definition) is 3. The van der Waals surface area contributed by atoms with Crippen molar-refractivity contribution in [2.45, 2.75) is 63.8 Å². The third kappa shape index (κ3) is 3.88. The zero-order valence-corrected chi connectivity index (χ0v) is 13.1. The van der Waals surface area contributed by atoms with E-state index in [-0.39, 0.29) is 0 Å². The van der Waals surface area contributed by atoms with E-state index in [4.69, 9.17) is 0 Å². The monoisotopic (exact) mass is 270 g/mol. The number of rotatable bonds is 4. The largest absolute Gasteiger partial charge is 0.312 e. The van der Waals surface area contributed by atoms with Crippen molar-refractivity contribution >= 4 is 11.8 Å². The Morgan fingerprint density at radius 3 is 2.72 bits per heavy atom. The second kappa shape index (κ2) is 7.16. The molecule has 1 aliphatic heterocycles. The Labute approximate surface area is 117 Å². The molecule has 106 valence electrons. The van der Waals surface area contributed by atoms with Gasteiger partial charge in [-0.1, -0.05) is 26.7 Å². The van der Waals surface area contributed by atoms with Crippen molar-refractivity contribution in [3.05, 3.63) is 0 Å². The van der Waals surface area contributed by atoms with E-state index in [0.717, 1.165) is 23.3 Å². The van der Waals surface area contributed by atoms with Crippen molar-refractivity contribution < 1.29 is 0 Å². The lowest BCUT2D eigenvalue weighted by atomic mass is 9.86. The van der Waals surface area contributed by atoms with Gasteiger partial charge >= 0.3 is 0 Å². The molecule has 0 radical (unpaired) electrons. The summed E-state index contributed by atoms with van der Waals surface area (Å²) in [7, 11) is 0. The molecule has 2 nitrogen and oxygen atoms in total. The van der Waals surface area contributed by atoms with Gasteiger partial charge in [-0.3, -0.25) is 4.90 Å². The second-order valence-electron chi connectivity index (χ2n) is 6.17. The summed E-state index contributed by atoms with van der Waals surface area (Å²) in [6.45, 7) is 10.9. The topological polar surface area (TPSA) is 15.3 Å². The van der Waals surface area contributed by atoms with Gasteiger partial charge in [0.05, 0.1) is 0 Å². The zero-order chi connectivity index (χ0) is 13.0. The van der Waals surface area contributed by atoms with E-state index in [1.54, 1.807) is 0 Å². The number of thioether (sulfide) groups is 1. The van der Waals surface area contributed by atoms with Crippen LogP contribution >= 0.6 is 11.8 Å². The lowest BCUT2D eigenvalue weighted by molar-refractivity contribution is 0.200. The molecule has 0 bridgehead atoms. The summed E-state index contributed by atoms with van der Waals surface area (Å²) in [4.78, 5) is 2.67. The molecule has 0 aromatic carbocycles. The molecular formula is C15H30N2S. The Kier molecular flexibility index (Phi) is 5.84. The highest BCUT2D eigenvalue weighted by atomic mass is 32.2. The first-order valence-corrected chi connectivity index (χ1v) is 8.82. The van der Waals surface area contributed by atoms with Crippen molar-refractivity contribution in [1.29, 1.82) is 0 Å². The van der Waals surface area contributed by atoms with Gasteiger partial charge in [0, 0.05) is 42.7 Å². The smallest absolute Gasteiger partial charge is 0.0184 e. The summed E-state index contributed by atoms with van der Waals surface area (Å²) in [6, 6.07) is 1.53. The average Bonchev–Trinajstić information content (AvgIpc) is 2.37. The zero-order valence-electron chi connectivity index (χ0n) is 12.3. The van der Waals surface area contributed by atoms with Gasteiger partial charge in [0.2, 0.25) is 0 Å². The van der Waals surface area contributed by atoms with Crippen LogP contribution in [-0.2, 0) is 0 Å². The standard InChI is InChI=1S/C15H30N2S/c1-12-6-4-5-7-15(12)16-8-9-17-10-11-18-14(3)13(17)2/h12-16H,4-11H2,1-3H3. The molecule has 0 aromatic heterocycles. The first-order chi connectivity index (χ1) is 8.68. The molecule has 0 aromatic rings. The van der Waals surface area contributed by atoms with Crippen LogP contribution in [-0.4, -0.2) is 47.6 Å². The predicted molar refractivity (Wildman–Crippen MR) is 82.4 cm³/mol. The Balaban J connectivity index is 1.68. The van der Waals surface area contributed by atoms with E-state index in [1.807, 2.05) is 0 Å². The van der Waals surface area contributed by atoms with Gasteiger partial charge in [0.1, 0.15) is 0 Å². The lowest BCUT2D eigenvalue weighted by Crippen LogP contribution is -2.48. The molecule has 0 amide bonds. The van der Waals surface area contributed by atoms with E-state index >= 15 is 0 Å². The van der Waals surface area contributed by atoms with Crippen molar-refractivity contribution in [2.75, 3.05) is 25.4 Å². The highest BCUT2D eigenvalue weighted by Gasteiger charge is 2.25. The van der Waals surface area contributed by atoms with Crippen LogP contribution in [0.1, 0.15) is 46.5 Å². The maximum Gasteiger partial charge on any atom is 0.0184 e. The highest BCUT2D eigenvalue weighted by Crippen LogP contribution is 2.25. The Morgan fingerprint density at radius 1 is 1.17 bits per heavy atom. The first-order valence-electron chi connectivity index (χ1n) is 7.77. The number of nitrogens with one attached hydrogen (secondary N) is 1. The van der Waals surface area contributed by atoms with Gasteiger partial charge in [-0.15, -0.1) is 0 Å². The van der Waals surface area contributed by atoms with Gasteiger partial charge in [0.25, 0.3) is 0 Å². The minimum Gasteiger partial charge on any atom is -0.312 e. The third-order valence-corrected chi connectivity index (χ3v) is 6.27. The molecule has 2 fully saturated rings. The molecule has 1 saturated heterocycles. The van der Waals surface area contributed by atoms with E-state index in [0.29, 0.717) is 0 Å². The minimum atomic E-state index is 0.745. The van der Waals surface area contributed by atoms with Crippen LogP contribution in [0.15, 0.2) is 0 Å². The molecule has 4 atom stereocenters. The van der Waals surface area contributed by atoms with E-state index in [2.05, 4.69) is 42.7 Å². The minimum absolute atomic E-state index is 0.745. The maximum absolute atomic E-state index is 3.81. The quantitative estimate of drug-likeness (QED) is 0.845. The van der Waals surface area contributed by atoms with Crippen LogP contribution < -0.4 is 5.32 Å². The molecule has 1 aliphatic carbocycles. The molecule has 2 rings (SSSR count). The van der Waals surface area contributed by atoms with Crippen molar-refractivity contribution in [2.24, 2.45) is 5.92 Å². The predicted octanol–water partition coefficient (Wildman–Crippen LogP) is 2.98. The lowest BCUT2D eigenvalue weighted by Gasteiger charge is -2.38. The van der Waals surface area contributed by atoms with Crippen LogP contribution in [0, 0.1) is 5.92 Å². The van der Waals surface area contributed by atoms with E-state index in [1.165, 1.54) is 51.1 Å². The van der Waals surface area contributed by atoms with Crippen molar-refractivity contribution in [3.8, 4) is 0 Å². The molecule has 0 spiro atoms. The summed E-state index contributed by atoms with van der Waals surface area (Å²) in [5.74, 6) is 2.19. The third-order valence-electron chi connectivity index (χ3n) is 4.93. The van der Waals surface area contributed by atoms with Gasteiger partial charge in [-0.25, -0.2) is 0 Å². The molecule has 1 heterocycles. The average molecular weight is 270 g/mol. The second-order valence-corrected chi connectivity index (χ2v) is 7.66. The fraction of sp³-hybridized carbons (Fsp3) is 1.00. The molecular weight excluding hydrogens is 240 g/mol. The van der Waals surface area contributed by atoms with Gasteiger partial charge < -0.3 is 5.32 Å². The molecule has 4 unspecified atom stereocenters. The normalized spacial score (nSPS) is 38.8. The SMILES string of the molecule is CC1CCCCC1NCCN1CCSC(C)C1C. The molecule has 18 heavy (non-hydrogen) atoms. The van der Waals surface area contributed by atoms with Crippen molar-refractivity contribution in [3.63, 3.8) is 0 Å². The van der Waals surface area contributed by atoms with Crippen molar-refractivity contribution in [1.82, 2.24) is 10.2 Å². The Bertz CT molecular complexity index is 247. The summed E-state index contributed by atoms with van der Waals surface area (Å²) in [5, 5.41) is 4.60. The number of nitrogens with zero attached hydrogens (tertiary/aromatic N) is 1.